The number of pyridine rings is 1. The molecule has 0 saturated carbocycles. The predicted octanol–water partition coefficient (Wildman–Crippen LogP) is 3.10. The van der Waals surface area contributed by atoms with Crippen molar-refractivity contribution in [2.45, 2.75) is 0 Å². The van der Waals surface area contributed by atoms with Crippen molar-refractivity contribution >= 4 is 10.9 Å². The molecule has 0 bridgehead atoms. The smallest absolute Gasteiger partial charge is 0.140 e. The predicted molar refractivity (Wildman–Crippen MR) is 66.2 cm³/mol. The lowest BCUT2D eigenvalue weighted by Gasteiger charge is -2.01. The van der Waals surface area contributed by atoms with Gasteiger partial charge in [-0.05, 0) is 41.3 Å². The Hall–Kier alpha value is -2.60. The molecule has 17 heavy (non-hydrogen) atoms. The lowest BCUT2D eigenvalue weighted by Crippen LogP contribution is -1.83. The van der Waals surface area contributed by atoms with E-state index in [9.17, 15) is 0 Å². The number of benzene rings is 1. The number of aromatic nitrogens is 2. The summed E-state index contributed by atoms with van der Waals surface area (Å²) in [5, 5.41) is 9.87. The molecule has 2 heterocycles. The summed E-state index contributed by atoms with van der Waals surface area (Å²) in [5.41, 5.74) is 3.69. The Morgan fingerprint density at radius 3 is 2.71 bits per heavy atom. The van der Waals surface area contributed by atoms with Crippen molar-refractivity contribution < 1.29 is 0 Å². The van der Waals surface area contributed by atoms with Crippen LogP contribution in [0.5, 0.6) is 0 Å². The molecule has 0 unspecified atom stereocenters. The largest absolute Gasteiger partial charge is 0.361 e. The van der Waals surface area contributed by atoms with Crippen molar-refractivity contribution in [3.63, 3.8) is 0 Å². The third kappa shape index (κ3) is 1.66. The second-order valence-electron chi connectivity index (χ2n) is 3.82. The average Bonchev–Trinajstić information content (AvgIpc) is 2.86. The molecule has 0 aliphatic carbocycles. The highest BCUT2D eigenvalue weighted by molar-refractivity contribution is 5.84. The number of rotatable bonds is 1. The van der Waals surface area contributed by atoms with E-state index in [-0.39, 0.29) is 0 Å². The summed E-state index contributed by atoms with van der Waals surface area (Å²) in [5.74, 6) is 0. The van der Waals surface area contributed by atoms with Gasteiger partial charge in [-0.2, -0.15) is 5.26 Å². The molecule has 1 N–H and O–H groups in total. The molecule has 0 aliphatic rings. The number of nitriles is 1. The van der Waals surface area contributed by atoms with Gasteiger partial charge in [0.15, 0.2) is 0 Å². The molecule has 3 rings (SSSR count). The maximum Gasteiger partial charge on any atom is 0.140 e. The van der Waals surface area contributed by atoms with E-state index in [0.717, 1.165) is 16.6 Å². The summed E-state index contributed by atoms with van der Waals surface area (Å²) in [7, 11) is 0. The lowest BCUT2D eigenvalue weighted by atomic mass is 10.1. The van der Waals surface area contributed by atoms with Gasteiger partial charge in [0.05, 0.1) is 0 Å². The summed E-state index contributed by atoms with van der Waals surface area (Å²) in [4.78, 5) is 7.23. The van der Waals surface area contributed by atoms with Gasteiger partial charge >= 0.3 is 0 Å². The molecule has 80 valence electrons. The van der Waals surface area contributed by atoms with Gasteiger partial charge in [-0.1, -0.05) is 6.07 Å². The Morgan fingerprint density at radius 1 is 1.06 bits per heavy atom. The minimum Gasteiger partial charge on any atom is -0.361 e. The molecule has 0 radical (unpaired) electrons. The molecule has 0 atom stereocenters. The van der Waals surface area contributed by atoms with Crippen LogP contribution in [0.3, 0.4) is 0 Å². The molecule has 3 heteroatoms. The first-order chi connectivity index (χ1) is 8.36. The van der Waals surface area contributed by atoms with E-state index in [4.69, 9.17) is 5.26 Å². The van der Waals surface area contributed by atoms with Gasteiger partial charge < -0.3 is 4.98 Å². The number of hydrogen-bond acceptors (Lipinski definition) is 2. The van der Waals surface area contributed by atoms with Gasteiger partial charge in [0.2, 0.25) is 0 Å². The van der Waals surface area contributed by atoms with Gasteiger partial charge in [-0.15, -0.1) is 0 Å². The van der Waals surface area contributed by atoms with Crippen molar-refractivity contribution in [3.05, 3.63) is 54.5 Å². The third-order valence-electron chi connectivity index (χ3n) is 2.76. The molecule has 0 aliphatic heterocycles. The van der Waals surface area contributed by atoms with E-state index in [0.29, 0.717) is 5.69 Å². The zero-order valence-electron chi connectivity index (χ0n) is 9.01. The molecule has 3 nitrogen and oxygen atoms in total. The van der Waals surface area contributed by atoms with Crippen LogP contribution in [0.25, 0.3) is 22.0 Å². The fourth-order valence-electron chi connectivity index (χ4n) is 1.86. The molecule has 0 saturated heterocycles. The van der Waals surface area contributed by atoms with Gasteiger partial charge in [-0.25, -0.2) is 4.98 Å². The first-order valence-electron chi connectivity index (χ1n) is 5.30. The minimum absolute atomic E-state index is 0.441. The first-order valence-corrected chi connectivity index (χ1v) is 5.30. The zero-order chi connectivity index (χ0) is 11.7. The molecule has 0 spiro atoms. The topological polar surface area (TPSA) is 52.5 Å². The Morgan fingerprint density at radius 2 is 1.94 bits per heavy atom. The van der Waals surface area contributed by atoms with Crippen LogP contribution >= 0.6 is 0 Å². The van der Waals surface area contributed by atoms with Crippen molar-refractivity contribution in [1.29, 1.82) is 5.26 Å². The number of aromatic amines is 1. The van der Waals surface area contributed by atoms with Crippen LogP contribution in [-0.4, -0.2) is 9.97 Å². The van der Waals surface area contributed by atoms with Gasteiger partial charge in [0.25, 0.3) is 0 Å². The summed E-state index contributed by atoms with van der Waals surface area (Å²) >= 11 is 0. The summed E-state index contributed by atoms with van der Waals surface area (Å²) in [6.07, 6.45) is 3.65. The monoisotopic (exact) mass is 219 g/mol. The van der Waals surface area contributed by atoms with Crippen LogP contribution in [0.1, 0.15) is 5.69 Å². The van der Waals surface area contributed by atoms with E-state index in [1.54, 1.807) is 12.3 Å². The minimum atomic E-state index is 0.441. The SMILES string of the molecule is N#Cc1ccc(-c2ccc3[nH]ccc3c2)cn1. The normalized spacial score (nSPS) is 10.3. The number of fused-ring (bicyclic) bond motifs is 1. The molecular weight excluding hydrogens is 210 g/mol. The maximum absolute atomic E-state index is 8.70. The van der Waals surface area contributed by atoms with Gasteiger partial charge in [0, 0.05) is 23.5 Å². The van der Waals surface area contributed by atoms with Crippen LogP contribution in [0, 0.1) is 11.3 Å². The number of H-pyrrole nitrogens is 1. The number of nitrogens with zero attached hydrogens (tertiary/aromatic N) is 2. The Bertz CT molecular complexity index is 702. The van der Waals surface area contributed by atoms with Crippen LogP contribution in [0.2, 0.25) is 0 Å². The number of nitrogens with one attached hydrogen (secondary N) is 1. The molecule has 3 aromatic rings. The van der Waals surface area contributed by atoms with Crippen molar-refractivity contribution in [1.82, 2.24) is 9.97 Å². The van der Waals surface area contributed by atoms with E-state index < -0.39 is 0 Å². The lowest BCUT2D eigenvalue weighted by molar-refractivity contribution is 1.27. The first kappa shape index (κ1) is 9.61. The molecule has 0 amide bonds. The van der Waals surface area contributed by atoms with E-state index in [2.05, 4.69) is 16.0 Å². The Balaban J connectivity index is 2.10. The molecule has 0 fully saturated rings. The van der Waals surface area contributed by atoms with Crippen LogP contribution < -0.4 is 0 Å². The molecule has 2 aromatic heterocycles. The Labute approximate surface area is 98.4 Å². The van der Waals surface area contributed by atoms with Crippen LogP contribution in [0.15, 0.2) is 48.8 Å². The highest BCUT2D eigenvalue weighted by Gasteiger charge is 2.01. The fourth-order valence-corrected chi connectivity index (χ4v) is 1.86. The summed E-state index contributed by atoms with van der Waals surface area (Å²) in [6.45, 7) is 0. The molecular formula is C14H9N3. The van der Waals surface area contributed by atoms with Crippen molar-refractivity contribution in [2.75, 3.05) is 0 Å². The van der Waals surface area contributed by atoms with Crippen molar-refractivity contribution in [2.24, 2.45) is 0 Å². The number of hydrogen-bond donors (Lipinski definition) is 1. The second-order valence-corrected chi connectivity index (χ2v) is 3.82. The highest BCUT2D eigenvalue weighted by Crippen LogP contribution is 2.23. The highest BCUT2D eigenvalue weighted by atomic mass is 14.7. The third-order valence-corrected chi connectivity index (χ3v) is 2.76. The fraction of sp³-hybridized carbons (Fsp3) is 0. The van der Waals surface area contributed by atoms with E-state index in [1.807, 2.05) is 36.5 Å². The summed E-state index contributed by atoms with van der Waals surface area (Å²) < 4.78 is 0. The standard InChI is InChI=1S/C14H9N3/c15-8-13-3-1-12(9-17-13)10-2-4-14-11(7-10)5-6-16-14/h1-7,9,16H. The van der Waals surface area contributed by atoms with Crippen LogP contribution in [0.4, 0.5) is 0 Å². The van der Waals surface area contributed by atoms with Crippen LogP contribution in [-0.2, 0) is 0 Å². The Kier molecular flexibility index (Phi) is 2.13. The average molecular weight is 219 g/mol. The van der Waals surface area contributed by atoms with Crippen molar-refractivity contribution in [3.8, 4) is 17.2 Å². The second kappa shape index (κ2) is 3.76. The van der Waals surface area contributed by atoms with E-state index in [1.165, 1.54) is 5.39 Å². The maximum atomic E-state index is 8.70. The molecule has 1 aromatic carbocycles. The quantitative estimate of drug-likeness (QED) is 0.683. The van der Waals surface area contributed by atoms with Gasteiger partial charge in [0.1, 0.15) is 11.8 Å². The van der Waals surface area contributed by atoms with Gasteiger partial charge in [-0.3, -0.25) is 0 Å². The summed E-state index contributed by atoms with van der Waals surface area (Å²) in [6, 6.07) is 13.9. The zero-order valence-corrected chi connectivity index (χ0v) is 9.01. The van der Waals surface area contributed by atoms with E-state index >= 15 is 0 Å².